The quantitative estimate of drug-likeness (QED) is 0.101. The van der Waals surface area contributed by atoms with Crippen LogP contribution in [0.4, 0.5) is 0 Å². The Hall–Kier alpha value is 4.77. The molecule has 22 heteroatoms. The van der Waals surface area contributed by atoms with Gasteiger partial charge in [0.05, 0.1) is 0 Å². The van der Waals surface area contributed by atoms with Crippen LogP contribution in [0.3, 0.4) is 0 Å². The van der Waals surface area contributed by atoms with Gasteiger partial charge in [-0.2, -0.15) is 0 Å². The van der Waals surface area contributed by atoms with Gasteiger partial charge >= 0.3 is 0 Å². The second-order valence-corrected chi connectivity index (χ2v) is 304. The van der Waals surface area contributed by atoms with E-state index in [1.165, 1.54) is 0 Å². The molecule has 0 radical (unpaired) electrons. The highest BCUT2D eigenvalue weighted by atomic mass is 30.4. The van der Waals surface area contributed by atoms with E-state index in [4.69, 9.17) is 0 Å². The van der Waals surface area contributed by atoms with Crippen LogP contribution in [0.15, 0.2) is 0 Å². The van der Waals surface area contributed by atoms with E-state index in [1.807, 2.05) is 0 Å². The van der Waals surface area contributed by atoms with Gasteiger partial charge in [-0.25, -0.2) is 0 Å². The molecule has 0 aromatic carbocycles. The Bertz CT molecular complexity index is 1550. The third-order valence-electron chi connectivity index (χ3n) is 24.7. The van der Waals surface area contributed by atoms with E-state index in [0.717, 1.165) is 0 Å². The molecule has 0 aliphatic heterocycles. The molecule has 0 saturated carbocycles. The fourth-order valence-corrected chi connectivity index (χ4v) is 1220. The van der Waals surface area contributed by atoms with Crippen molar-refractivity contribution in [3.05, 3.63) is 0 Å². The minimum Gasteiger partial charge on any atom is -0.0739 e. The lowest BCUT2D eigenvalue weighted by Gasteiger charge is -2.79. The van der Waals surface area contributed by atoms with Crippen LogP contribution in [-0.4, -0.2) is 157 Å². The third kappa shape index (κ3) is 9.18. The predicted octanol–water partition coefficient (Wildman–Crippen LogP) is 18.5. The lowest BCUT2D eigenvalue weighted by Crippen LogP contribution is -3.10. The first kappa shape index (κ1) is 72.8. The summed E-state index contributed by atoms with van der Waals surface area (Å²) in [4.78, 5) is 0. The average molecular weight is 1310 g/mol. The molecular weight excluding hydrogens is 1170 g/mol. The summed E-state index contributed by atoms with van der Waals surface area (Å²) in [6, 6.07) is 0. The number of hydrogen-bond donors (Lipinski definition) is 0. The van der Waals surface area contributed by atoms with Crippen LogP contribution in [0.25, 0.3) is 0 Å². The number of hydrogen-bond acceptors (Lipinski definition) is 0. The molecule has 0 heterocycles. The summed E-state index contributed by atoms with van der Waals surface area (Å²) in [6.07, 6.45) is -7.05. The highest BCUT2D eigenvalue weighted by molar-refractivity contribution is 8.31. The van der Waals surface area contributed by atoms with Gasteiger partial charge in [-0.3, -0.25) is 0 Å². The Labute approximate surface area is 453 Å². The minimum atomic E-state index is -1.88. The predicted molar refractivity (Wildman–Crippen MR) is 396 cm³/mol. The van der Waals surface area contributed by atoms with Crippen molar-refractivity contribution in [2.75, 3.05) is 0 Å². The van der Waals surface area contributed by atoms with E-state index in [1.54, 1.807) is 0 Å². The highest BCUT2D eigenvalue weighted by Gasteiger charge is 2.86. The lowest BCUT2D eigenvalue weighted by molar-refractivity contribution is 1.71. The van der Waals surface area contributed by atoms with E-state index in [-0.39, 0.29) is 0 Å². The van der Waals surface area contributed by atoms with Crippen LogP contribution < -0.4 is 0 Å². The van der Waals surface area contributed by atoms with Gasteiger partial charge in [0.2, 0.25) is 0 Å². The van der Waals surface area contributed by atoms with Crippen LogP contribution >= 0.6 is 0 Å². The first-order chi connectivity index (χ1) is 28.2. The summed E-state index contributed by atoms with van der Waals surface area (Å²) < 4.78 is 0. The van der Waals surface area contributed by atoms with Crippen molar-refractivity contribution >= 4 is 157 Å². The fraction of sp³-hybridized carbons (Fsp3) is 1.00. The van der Waals surface area contributed by atoms with E-state index in [0.29, 0.717) is 0 Å². The SMILES string of the molecule is C[Si](C)(C)[Si]([Si](C)(C)C)([Si](C)(C)C)[Si](C)(C)[Si](C)(C)[Si]([Si](C)(C)C)([Si](C)(C)C)[Si](C)(C)[Si](C)(C)[Si](C)(C)[Si](C)(C)[Si]([Si](C)(C)C)([Si](C)(C)C)[Si](C)(C)[Si](C)(C)[Si]([Si](C)(C)C)([Si](C)(C)C)[Si](C)(C)C. The van der Waals surface area contributed by atoms with Crippen molar-refractivity contribution in [3.8, 4) is 0 Å². The number of rotatable bonds is 21. The molecular formula is C46H138Si22. The van der Waals surface area contributed by atoms with Gasteiger partial charge in [0.15, 0.2) is 0 Å². The summed E-state index contributed by atoms with van der Waals surface area (Å²) >= 11 is 0. The molecule has 0 aliphatic rings. The van der Waals surface area contributed by atoms with Crippen LogP contribution in [0, 0.1) is 0 Å². The summed E-state index contributed by atoms with van der Waals surface area (Å²) in [5, 5.41) is 0. The van der Waals surface area contributed by atoms with Crippen molar-refractivity contribution in [1.82, 2.24) is 0 Å². The summed E-state index contributed by atoms with van der Waals surface area (Å²) in [5.74, 6) is 0. The average Bonchev–Trinajstić information content (AvgIpc) is 2.88. The topological polar surface area (TPSA) is 0 Å². The largest absolute Gasteiger partial charge is 0.0739 e. The van der Waals surface area contributed by atoms with Crippen molar-refractivity contribution in [2.24, 2.45) is 0 Å². The Kier molecular flexibility index (Phi) is 20.6. The zero-order valence-corrected chi connectivity index (χ0v) is 79.0. The first-order valence-electron chi connectivity index (χ1n) is 28.2. The molecule has 0 bridgehead atoms. The molecule has 410 valence electrons. The van der Waals surface area contributed by atoms with Crippen LogP contribution in [-0.2, 0) is 0 Å². The molecule has 0 nitrogen and oxygen atoms in total. The van der Waals surface area contributed by atoms with E-state index < -0.39 is 157 Å². The maximum atomic E-state index is 3.36. The maximum absolute atomic E-state index is 3.36. The molecule has 0 unspecified atom stereocenters. The van der Waals surface area contributed by atoms with Gasteiger partial charge in [-0.15, -0.1) is 0 Å². The molecule has 0 spiro atoms. The second kappa shape index (κ2) is 19.2. The van der Waals surface area contributed by atoms with Gasteiger partial charge in [-0.1, -0.05) is 301 Å². The monoisotopic (exact) mass is 1310 g/mol. The molecule has 0 aromatic rings. The van der Waals surface area contributed by atoms with Crippen LogP contribution in [0.1, 0.15) is 0 Å². The summed E-state index contributed by atoms with van der Waals surface area (Å²) in [5.41, 5.74) is 0. The van der Waals surface area contributed by atoms with Crippen molar-refractivity contribution < 1.29 is 0 Å². The molecule has 0 saturated heterocycles. The Morgan fingerprint density at radius 1 is 0.0882 bits per heavy atom. The van der Waals surface area contributed by atoms with Crippen molar-refractivity contribution in [2.45, 2.75) is 301 Å². The molecule has 0 rings (SSSR count). The summed E-state index contributed by atoms with van der Waals surface area (Å²) in [6.45, 7) is 145. The Morgan fingerprint density at radius 2 is 0.162 bits per heavy atom. The van der Waals surface area contributed by atoms with Crippen LogP contribution in [0.5, 0.6) is 0 Å². The molecule has 0 atom stereocenters. The minimum absolute atomic E-state index is 1.49. The highest BCUT2D eigenvalue weighted by Crippen LogP contribution is 2.59. The van der Waals surface area contributed by atoms with Gasteiger partial charge in [0, 0.05) is 157 Å². The van der Waals surface area contributed by atoms with E-state index >= 15 is 0 Å². The van der Waals surface area contributed by atoms with Gasteiger partial charge in [0.1, 0.15) is 0 Å². The normalized spacial score (nSPS) is 17.6. The molecule has 0 amide bonds. The van der Waals surface area contributed by atoms with Crippen LogP contribution in [0.2, 0.25) is 301 Å². The Balaban J connectivity index is 10.2. The van der Waals surface area contributed by atoms with Crippen molar-refractivity contribution in [1.29, 1.82) is 0 Å². The lowest BCUT2D eigenvalue weighted by atomic mass is 11.8. The Morgan fingerprint density at radius 3 is 0.250 bits per heavy atom. The molecule has 0 N–H and O–H groups in total. The zero-order valence-electron chi connectivity index (χ0n) is 57.0. The third-order valence-corrected chi connectivity index (χ3v) is 654. The second-order valence-electron chi connectivity index (χ2n) is 38.5. The van der Waals surface area contributed by atoms with Gasteiger partial charge in [-0.05, 0) is 0 Å². The van der Waals surface area contributed by atoms with Gasteiger partial charge < -0.3 is 0 Å². The standard InChI is InChI=1S/C46H138Si22/c1-47(2,3)65(48(4,5)6,49(7,8)9)61(39,40)63(43,44)67(53(19,20)21,54(22,23)24)59(35,36)57(31,32)58(33,34)60(37,38)68(55(25,26)27,56(28,29)30)64(45,46)62(41,42)66(50(10,11)12,51(13,14)15)52(16,17)18/h1-46H3. The molecule has 0 aliphatic carbocycles. The van der Waals surface area contributed by atoms with E-state index in [9.17, 15) is 0 Å². The summed E-state index contributed by atoms with van der Waals surface area (Å²) in [7, 11) is -30.3. The first-order valence-corrected chi connectivity index (χ1v) is 116. The van der Waals surface area contributed by atoms with Crippen molar-refractivity contribution in [3.63, 3.8) is 0 Å². The maximum Gasteiger partial charge on any atom is 0.0315 e. The fourth-order valence-electron chi connectivity index (χ4n) is 28.1. The van der Waals surface area contributed by atoms with E-state index in [2.05, 4.69) is 301 Å². The molecule has 68 heavy (non-hydrogen) atoms. The molecule has 0 aromatic heterocycles. The van der Waals surface area contributed by atoms with Gasteiger partial charge in [0.25, 0.3) is 0 Å². The zero-order chi connectivity index (χ0) is 57.0. The smallest absolute Gasteiger partial charge is 0.0315 e. The molecule has 0 fully saturated rings.